The van der Waals surface area contributed by atoms with Gasteiger partial charge in [0.2, 0.25) is 0 Å². The van der Waals surface area contributed by atoms with Gasteiger partial charge in [-0.2, -0.15) is 4.68 Å². The van der Waals surface area contributed by atoms with E-state index in [4.69, 9.17) is 9.47 Å². The Kier molecular flexibility index (Phi) is 5.78. The summed E-state index contributed by atoms with van der Waals surface area (Å²) in [6.07, 6.45) is 5.12. The van der Waals surface area contributed by atoms with Crippen molar-refractivity contribution in [1.82, 2.24) is 35.0 Å². The van der Waals surface area contributed by atoms with Crippen molar-refractivity contribution in [3.8, 4) is 5.82 Å². The molecule has 5 atom stereocenters. The van der Waals surface area contributed by atoms with E-state index in [9.17, 15) is 15.0 Å². The van der Waals surface area contributed by atoms with Crippen LogP contribution >= 0.6 is 0 Å². The van der Waals surface area contributed by atoms with Crippen LogP contribution in [0.25, 0.3) is 5.82 Å². The van der Waals surface area contributed by atoms with E-state index >= 15 is 0 Å². The first-order chi connectivity index (χ1) is 17.4. The average molecular weight is 498 g/mol. The summed E-state index contributed by atoms with van der Waals surface area (Å²) in [5.41, 5.74) is 1.62. The van der Waals surface area contributed by atoms with Crippen LogP contribution in [0.1, 0.15) is 44.3 Å². The van der Waals surface area contributed by atoms with E-state index in [-0.39, 0.29) is 30.8 Å². The van der Waals surface area contributed by atoms with Gasteiger partial charge in [0.1, 0.15) is 19.2 Å². The van der Waals surface area contributed by atoms with Gasteiger partial charge in [0.15, 0.2) is 5.82 Å². The number of aliphatic hydroxyl groups excluding tert-OH is 2. The van der Waals surface area contributed by atoms with Crippen LogP contribution in [0.2, 0.25) is 0 Å². The molecule has 2 N–H and O–H groups in total. The van der Waals surface area contributed by atoms with Crippen molar-refractivity contribution < 1.29 is 24.5 Å². The first-order valence-electron chi connectivity index (χ1n) is 12.4. The van der Waals surface area contributed by atoms with Crippen LogP contribution in [0, 0.1) is 5.41 Å². The summed E-state index contributed by atoms with van der Waals surface area (Å²) >= 11 is 0. The molecule has 0 saturated carbocycles. The standard InChI is InChI=1S/C24H31N7O5/c1-14-18(12-36-22(14)33)30-11-20(35-2)24(23(30)34)7-16-4-5-17(8-24)29(16)10-19(32)15-3-6-21(25-9-15)31-13-26-27-28-31/h3,6,9,13,16-17,19-20,23,32,34H,4-5,7-8,10-12H2,1-2H3/t16?,17?,19-,20?,23?,24?/m0/s1. The van der Waals surface area contributed by atoms with Crippen molar-refractivity contribution in [2.45, 2.75) is 63.1 Å². The SMILES string of the molecule is COC1CN(C2=C(C)C(=O)OC2)C(O)C12CC1CCC(C2)N1C[C@H](O)c1ccc(-n2cnnn2)nc1. The predicted octanol–water partition coefficient (Wildman–Crippen LogP) is 0.184. The highest BCUT2D eigenvalue weighted by Gasteiger charge is 2.61. The molecular weight excluding hydrogens is 466 g/mol. The van der Waals surface area contributed by atoms with E-state index in [2.05, 4.69) is 25.4 Å². The average Bonchev–Trinajstić information content (AvgIpc) is 3.64. The number of esters is 1. The summed E-state index contributed by atoms with van der Waals surface area (Å²) in [6, 6.07) is 4.10. The molecule has 6 rings (SSSR count). The van der Waals surface area contributed by atoms with Gasteiger partial charge in [-0.1, -0.05) is 6.07 Å². The number of carbonyl (C=O) groups excluding carboxylic acids is 1. The largest absolute Gasteiger partial charge is 0.456 e. The molecule has 0 aromatic carbocycles. The second-order valence-corrected chi connectivity index (χ2v) is 10.3. The lowest BCUT2D eigenvalue weighted by atomic mass is 9.71. The van der Waals surface area contributed by atoms with Gasteiger partial charge < -0.3 is 24.6 Å². The summed E-state index contributed by atoms with van der Waals surface area (Å²) in [5.74, 6) is 0.262. The lowest BCUT2D eigenvalue weighted by molar-refractivity contribution is -0.136. The molecule has 4 aliphatic heterocycles. The van der Waals surface area contributed by atoms with Crippen molar-refractivity contribution in [2.24, 2.45) is 5.41 Å². The van der Waals surface area contributed by atoms with Gasteiger partial charge in [-0.25, -0.2) is 9.78 Å². The molecule has 2 bridgehead atoms. The van der Waals surface area contributed by atoms with Gasteiger partial charge in [-0.3, -0.25) is 4.90 Å². The monoisotopic (exact) mass is 497 g/mol. The molecule has 0 radical (unpaired) electrons. The number of cyclic esters (lactones) is 1. The number of ether oxygens (including phenoxy) is 2. The van der Waals surface area contributed by atoms with Crippen LogP contribution in [0.15, 0.2) is 35.9 Å². The van der Waals surface area contributed by atoms with Gasteiger partial charge >= 0.3 is 5.97 Å². The smallest absolute Gasteiger partial charge is 0.335 e. The van der Waals surface area contributed by atoms with Gasteiger partial charge in [0.05, 0.1) is 23.5 Å². The summed E-state index contributed by atoms with van der Waals surface area (Å²) < 4.78 is 12.6. The summed E-state index contributed by atoms with van der Waals surface area (Å²) in [4.78, 5) is 20.6. The zero-order chi connectivity index (χ0) is 25.0. The number of methoxy groups -OCH3 is 1. The molecule has 3 saturated heterocycles. The number of hydrogen-bond acceptors (Lipinski definition) is 11. The molecule has 12 nitrogen and oxygen atoms in total. The Morgan fingerprint density at radius 3 is 2.64 bits per heavy atom. The Morgan fingerprint density at radius 2 is 2.06 bits per heavy atom. The van der Waals surface area contributed by atoms with Crippen LogP contribution in [0.5, 0.6) is 0 Å². The van der Waals surface area contributed by atoms with Crippen LogP contribution in [0.3, 0.4) is 0 Å². The maximum Gasteiger partial charge on any atom is 0.335 e. The Labute approximate surface area is 208 Å². The van der Waals surface area contributed by atoms with Crippen molar-refractivity contribution in [3.05, 3.63) is 41.5 Å². The number of rotatable bonds is 6. The summed E-state index contributed by atoms with van der Waals surface area (Å²) in [5, 5.41) is 33.7. The molecule has 4 unspecified atom stereocenters. The molecule has 2 aromatic heterocycles. The molecule has 2 aromatic rings. The third-order valence-corrected chi connectivity index (χ3v) is 8.65. The number of aromatic nitrogens is 5. The highest BCUT2D eigenvalue weighted by atomic mass is 16.5. The van der Waals surface area contributed by atoms with Gasteiger partial charge in [0.25, 0.3) is 0 Å². The third kappa shape index (κ3) is 3.62. The highest BCUT2D eigenvalue weighted by molar-refractivity contribution is 5.90. The number of tetrazole rings is 1. The Morgan fingerprint density at radius 1 is 1.28 bits per heavy atom. The van der Waals surface area contributed by atoms with Crippen LogP contribution in [-0.2, 0) is 14.3 Å². The zero-order valence-corrected chi connectivity index (χ0v) is 20.4. The number of likely N-dealkylation sites (tertiary alicyclic amines) is 1. The second-order valence-electron chi connectivity index (χ2n) is 10.3. The predicted molar refractivity (Wildman–Crippen MR) is 124 cm³/mol. The fourth-order valence-electron chi connectivity index (χ4n) is 6.76. The van der Waals surface area contributed by atoms with Gasteiger partial charge in [0, 0.05) is 49.5 Å². The van der Waals surface area contributed by atoms with Crippen molar-refractivity contribution >= 4 is 5.97 Å². The second kappa shape index (κ2) is 8.87. The minimum absolute atomic E-state index is 0.151. The summed E-state index contributed by atoms with van der Waals surface area (Å²) in [6.45, 7) is 2.98. The topological polar surface area (TPSA) is 139 Å². The molecule has 192 valence electrons. The molecule has 0 amide bonds. The number of fused-ring (bicyclic) bond motifs is 2. The summed E-state index contributed by atoms with van der Waals surface area (Å²) in [7, 11) is 1.70. The van der Waals surface area contributed by atoms with Crippen LogP contribution in [0.4, 0.5) is 0 Å². The van der Waals surface area contributed by atoms with E-state index in [1.54, 1.807) is 26.3 Å². The molecule has 12 heteroatoms. The van der Waals surface area contributed by atoms with Crippen LogP contribution < -0.4 is 0 Å². The van der Waals surface area contributed by atoms with Crippen molar-refractivity contribution in [2.75, 3.05) is 26.8 Å². The number of hydrogen-bond donors (Lipinski definition) is 2. The number of nitrogens with zero attached hydrogens (tertiary/aromatic N) is 7. The third-order valence-electron chi connectivity index (χ3n) is 8.65. The van der Waals surface area contributed by atoms with Gasteiger partial charge in [-0.15, -0.1) is 5.10 Å². The minimum Gasteiger partial charge on any atom is -0.456 e. The highest BCUT2D eigenvalue weighted by Crippen LogP contribution is 2.54. The van der Waals surface area contributed by atoms with Crippen molar-refractivity contribution in [1.29, 1.82) is 0 Å². The fraction of sp³-hybridized carbons (Fsp3) is 0.625. The first kappa shape index (κ1) is 23.5. The Hall–Kier alpha value is -2.93. The molecule has 6 heterocycles. The molecule has 36 heavy (non-hydrogen) atoms. The Balaban J connectivity index is 1.18. The lowest BCUT2D eigenvalue weighted by Gasteiger charge is -2.49. The number of pyridine rings is 1. The van der Waals surface area contributed by atoms with E-state index < -0.39 is 17.7 Å². The van der Waals surface area contributed by atoms with E-state index in [0.29, 0.717) is 24.5 Å². The molecule has 0 aliphatic carbocycles. The maximum atomic E-state index is 12.0. The lowest BCUT2D eigenvalue weighted by Crippen LogP contribution is -2.56. The quantitative estimate of drug-likeness (QED) is 0.529. The zero-order valence-electron chi connectivity index (χ0n) is 20.4. The number of carbonyl (C=O) groups is 1. The minimum atomic E-state index is -0.750. The first-order valence-corrected chi connectivity index (χ1v) is 12.4. The van der Waals surface area contributed by atoms with E-state index in [0.717, 1.165) is 36.9 Å². The normalized spacial score (nSPS) is 33.1. The Bertz CT molecular complexity index is 1140. The van der Waals surface area contributed by atoms with E-state index in [1.807, 2.05) is 11.0 Å². The molecule has 1 spiro atoms. The number of piperidine rings is 1. The van der Waals surface area contributed by atoms with Crippen LogP contribution in [-0.4, -0.2) is 102 Å². The molecular formula is C24H31N7O5. The van der Waals surface area contributed by atoms with Gasteiger partial charge in [-0.05, 0) is 49.1 Å². The maximum absolute atomic E-state index is 12.0. The van der Waals surface area contributed by atoms with E-state index in [1.165, 1.54) is 11.0 Å². The molecule has 3 fully saturated rings. The molecule has 4 aliphatic rings. The number of aliphatic hydroxyl groups is 2. The fourth-order valence-corrected chi connectivity index (χ4v) is 6.76. The van der Waals surface area contributed by atoms with Crippen molar-refractivity contribution in [3.63, 3.8) is 0 Å².